The summed E-state index contributed by atoms with van der Waals surface area (Å²) in [6.45, 7) is 8.71. The highest BCUT2D eigenvalue weighted by molar-refractivity contribution is 7.89. The van der Waals surface area contributed by atoms with Crippen LogP contribution < -0.4 is 4.90 Å². The fraction of sp³-hybridized carbons (Fsp3) is 0.682. The van der Waals surface area contributed by atoms with E-state index in [1.54, 1.807) is 4.31 Å². The molecule has 2 aliphatic carbocycles. The lowest BCUT2D eigenvalue weighted by molar-refractivity contribution is -0.128. The minimum absolute atomic E-state index is 0.00642. The maximum atomic E-state index is 13.2. The SMILES string of the molecule is CCc1ccc(N2CCN(S(=O)(=O)C[C@]34CC[C@H](CC3=O)C4(C)C)CC2)cc1. The average Bonchev–Trinajstić information content (AvgIpc) is 3.02. The zero-order chi connectivity index (χ0) is 20.2. The topological polar surface area (TPSA) is 57.7 Å². The van der Waals surface area contributed by atoms with Crippen LogP contribution in [-0.4, -0.2) is 50.4 Å². The van der Waals surface area contributed by atoms with Crippen molar-refractivity contribution in [3.8, 4) is 0 Å². The van der Waals surface area contributed by atoms with E-state index in [1.165, 1.54) is 5.56 Å². The van der Waals surface area contributed by atoms with Crippen LogP contribution >= 0.6 is 0 Å². The molecule has 28 heavy (non-hydrogen) atoms. The maximum Gasteiger partial charge on any atom is 0.215 e. The highest BCUT2D eigenvalue weighted by Crippen LogP contribution is 2.64. The van der Waals surface area contributed by atoms with Gasteiger partial charge >= 0.3 is 0 Å². The number of carbonyl (C=O) groups excluding carboxylic acids is 1. The molecule has 0 radical (unpaired) electrons. The van der Waals surface area contributed by atoms with E-state index in [2.05, 4.69) is 49.9 Å². The van der Waals surface area contributed by atoms with Gasteiger partial charge in [-0.3, -0.25) is 4.79 Å². The van der Waals surface area contributed by atoms with Crippen LogP contribution in [0.15, 0.2) is 24.3 Å². The molecule has 154 valence electrons. The second kappa shape index (κ2) is 6.84. The standard InChI is InChI=1S/C22H32N2O3S/c1-4-17-5-7-19(8-6-17)23-11-13-24(14-12-23)28(26,27)16-22-10-9-18(15-20(22)25)21(22,2)3/h5-8,18H,4,9-16H2,1-3H3/t18-,22-/m1/s1. The van der Waals surface area contributed by atoms with Crippen LogP contribution in [0.3, 0.4) is 0 Å². The molecule has 0 spiro atoms. The summed E-state index contributed by atoms with van der Waals surface area (Å²) < 4.78 is 28.1. The highest BCUT2D eigenvalue weighted by atomic mass is 32.2. The zero-order valence-electron chi connectivity index (χ0n) is 17.3. The van der Waals surface area contributed by atoms with Gasteiger partial charge in [-0.05, 0) is 48.3 Å². The number of carbonyl (C=O) groups is 1. The van der Waals surface area contributed by atoms with E-state index in [1.807, 2.05) is 0 Å². The van der Waals surface area contributed by atoms with Gasteiger partial charge in [0.15, 0.2) is 0 Å². The number of benzene rings is 1. The van der Waals surface area contributed by atoms with Crippen LogP contribution in [0.1, 0.15) is 45.6 Å². The summed E-state index contributed by atoms with van der Waals surface area (Å²) in [6.07, 6.45) is 3.29. The summed E-state index contributed by atoms with van der Waals surface area (Å²) in [4.78, 5) is 15.0. The Kier molecular flexibility index (Phi) is 4.86. The Morgan fingerprint density at radius 3 is 2.21 bits per heavy atom. The maximum absolute atomic E-state index is 13.2. The van der Waals surface area contributed by atoms with Crippen molar-refractivity contribution in [2.45, 2.75) is 46.5 Å². The summed E-state index contributed by atoms with van der Waals surface area (Å²) in [7, 11) is -3.45. The molecular formula is C22H32N2O3S. The molecule has 0 aromatic heterocycles. The first kappa shape index (κ1) is 19.9. The lowest BCUT2D eigenvalue weighted by atomic mass is 9.70. The molecule has 0 unspecified atom stereocenters. The number of piperazine rings is 1. The fourth-order valence-corrected chi connectivity index (χ4v) is 7.88. The van der Waals surface area contributed by atoms with Gasteiger partial charge in [0.1, 0.15) is 5.78 Å². The first-order valence-electron chi connectivity index (χ1n) is 10.5. The van der Waals surface area contributed by atoms with Crippen molar-refractivity contribution in [1.82, 2.24) is 4.31 Å². The van der Waals surface area contributed by atoms with Crippen molar-refractivity contribution in [3.63, 3.8) is 0 Å². The van der Waals surface area contributed by atoms with E-state index >= 15 is 0 Å². The van der Waals surface area contributed by atoms with Gasteiger partial charge in [-0.15, -0.1) is 0 Å². The monoisotopic (exact) mass is 404 g/mol. The second-order valence-corrected chi connectivity index (χ2v) is 11.3. The quantitative estimate of drug-likeness (QED) is 0.757. The number of fused-ring (bicyclic) bond motifs is 2. The van der Waals surface area contributed by atoms with Gasteiger partial charge in [0.25, 0.3) is 0 Å². The lowest BCUT2D eigenvalue weighted by Crippen LogP contribution is -2.52. The molecule has 1 saturated heterocycles. The van der Waals surface area contributed by atoms with E-state index in [9.17, 15) is 13.2 Å². The number of aryl methyl sites for hydroxylation is 1. The summed E-state index contributed by atoms with van der Waals surface area (Å²) >= 11 is 0. The van der Waals surface area contributed by atoms with Crippen molar-refractivity contribution < 1.29 is 13.2 Å². The Hall–Kier alpha value is -1.40. The van der Waals surface area contributed by atoms with Crippen molar-refractivity contribution in [1.29, 1.82) is 0 Å². The molecule has 1 aromatic rings. The van der Waals surface area contributed by atoms with Crippen LogP contribution in [0.2, 0.25) is 0 Å². The Labute approximate surface area is 169 Å². The van der Waals surface area contributed by atoms with E-state index < -0.39 is 15.4 Å². The zero-order valence-corrected chi connectivity index (χ0v) is 18.1. The van der Waals surface area contributed by atoms with Gasteiger partial charge in [-0.2, -0.15) is 4.31 Å². The van der Waals surface area contributed by atoms with Crippen LogP contribution in [0.5, 0.6) is 0 Å². The van der Waals surface area contributed by atoms with Gasteiger partial charge in [0, 0.05) is 43.7 Å². The summed E-state index contributed by atoms with van der Waals surface area (Å²) in [5, 5.41) is 0. The molecule has 2 atom stereocenters. The third kappa shape index (κ3) is 3.00. The van der Waals surface area contributed by atoms with E-state index in [4.69, 9.17) is 0 Å². The van der Waals surface area contributed by atoms with Crippen molar-refractivity contribution in [3.05, 3.63) is 29.8 Å². The van der Waals surface area contributed by atoms with Crippen LogP contribution in [0.4, 0.5) is 5.69 Å². The molecule has 6 heteroatoms. The molecule has 2 saturated carbocycles. The van der Waals surface area contributed by atoms with E-state index in [0.717, 1.165) is 24.9 Å². The van der Waals surface area contributed by atoms with Gasteiger partial charge in [-0.1, -0.05) is 32.9 Å². The third-order valence-corrected chi connectivity index (χ3v) is 9.92. The largest absolute Gasteiger partial charge is 0.369 e. The molecule has 1 heterocycles. The molecule has 3 aliphatic rings. The lowest BCUT2D eigenvalue weighted by Gasteiger charge is -2.40. The van der Waals surface area contributed by atoms with Gasteiger partial charge in [0.2, 0.25) is 10.0 Å². The van der Waals surface area contributed by atoms with Gasteiger partial charge in [0.05, 0.1) is 5.75 Å². The number of anilines is 1. The Morgan fingerprint density at radius 2 is 1.71 bits per heavy atom. The number of sulfonamides is 1. The molecular weight excluding hydrogens is 372 g/mol. The van der Waals surface area contributed by atoms with Crippen molar-refractivity contribution in [2.75, 3.05) is 36.8 Å². The fourth-order valence-electron chi connectivity index (χ4n) is 5.68. The van der Waals surface area contributed by atoms with Crippen molar-refractivity contribution >= 4 is 21.5 Å². The first-order chi connectivity index (χ1) is 13.2. The summed E-state index contributed by atoms with van der Waals surface area (Å²) in [5.74, 6) is 0.512. The average molecular weight is 405 g/mol. The van der Waals surface area contributed by atoms with Gasteiger partial charge < -0.3 is 4.90 Å². The Bertz CT molecular complexity index is 854. The predicted octanol–water partition coefficient (Wildman–Crippen LogP) is 3.10. The summed E-state index contributed by atoms with van der Waals surface area (Å²) in [5.41, 5.74) is 1.57. The molecule has 2 bridgehead atoms. The number of nitrogens with zero attached hydrogens (tertiary/aromatic N) is 2. The molecule has 3 fully saturated rings. The number of hydrogen-bond acceptors (Lipinski definition) is 4. The van der Waals surface area contributed by atoms with Crippen LogP contribution in [0.25, 0.3) is 0 Å². The smallest absolute Gasteiger partial charge is 0.215 e. The Morgan fingerprint density at radius 1 is 1.07 bits per heavy atom. The molecule has 5 nitrogen and oxygen atoms in total. The number of ketones is 1. The minimum atomic E-state index is -3.45. The molecule has 1 aliphatic heterocycles. The van der Waals surface area contributed by atoms with Crippen molar-refractivity contribution in [2.24, 2.45) is 16.7 Å². The number of rotatable bonds is 5. The van der Waals surface area contributed by atoms with E-state index in [-0.39, 0.29) is 17.0 Å². The summed E-state index contributed by atoms with van der Waals surface area (Å²) in [6, 6.07) is 8.53. The first-order valence-corrected chi connectivity index (χ1v) is 12.2. The van der Waals surface area contributed by atoms with E-state index in [0.29, 0.717) is 38.5 Å². The highest BCUT2D eigenvalue weighted by Gasteiger charge is 2.65. The molecule has 0 N–H and O–H groups in total. The molecule has 0 amide bonds. The third-order valence-electron chi connectivity index (χ3n) is 7.91. The van der Waals surface area contributed by atoms with Gasteiger partial charge in [-0.25, -0.2) is 8.42 Å². The molecule has 4 rings (SSSR count). The predicted molar refractivity (Wildman–Crippen MR) is 112 cm³/mol. The van der Waals surface area contributed by atoms with Crippen LogP contribution in [-0.2, 0) is 21.2 Å². The number of hydrogen-bond donors (Lipinski definition) is 0. The Balaban J connectivity index is 1.44. The normalized spacial score (nSPS) is 30.2. The molecule has 1 aromatic carbocycles. The number of Topliss-reactive ketones (excluding diaryl/α,β-unsaturated/α-hetero) is 1. The minimum Gasteiger partial charge on any atom is -0.369 e. The van der Waals surface area contributed by atoms with Crippen LogP contribution in [0, 0.1) is 16.7 Å². The second-order valence-electron chi connectivity index (χ2n) is 9.33.